The van der Waals surface area contributed by atoms with Gasteiger partial charge in [-0.2, -0.15) is 0 Å². The second kappa shape index (κ2) is 4.81. The lowest BCUT2D eigenvalue weighted by atomic mass is 9.95. The maximum atomic E-state index is 4.74. The van der Waals surface area contributed by atoms with Gasteiger partial charge in [-0.15, -0.1) is 0 Å². The number of aryl methyl sites for hydroxylation is 1. The Kier molecular flexibility index (Phi) is 3.42. The molecule has 0 aromatic carbocycles. The summed E-state index contributed by atoms with van der Waals surface area (Å²) in [5, 5.41) is 3.22. The maximum Gasteiger partial charge on any atom is 0.133 e. The summed E-state index contributed by atoms with van der Waals surface area (Å²) in [6, 6.07) is 0. The van der Waals surface area contributed by atoms with Crippen molar-refractivity contribution < 1.29 is 0 Å². The smallest absolute Gasteiger partial charge is 0.133 e. The second-order valence-electron chi connectivity index (χ2n) is 4.62. The van der Waals surface area contributed by atoms with Gasteiger partial charge in [-0.3, -0.25) is 0 Å². The Morgan fingerprint density at radius 2 is 2.00 bits per heavy atom. The first-order chi connectivity index (χ1) is 7.76. The molecule has 1 aliphatic rings. The zero-order chi connectivity index (χ0) is 11.5. The lowest BCUT2D eigenvalue weighted by Crippen LogP contribution is -2.14. The summed E-state index contributed by atoms with van der Waals surface area (Å²) in [6.07, 6.45) is 5.89. The lowest BCUT2D eigenvalue weighted by Gasteiger charge is -2.20. The summed E-state index contributed by atoms with van der Waals surface area (Å²) in [6.45, 7) is 4.39. The second-order valence-corrected chi connectivity index (χ2v) is 4.62. The molecular weight excluding hydrogens is 198 g/mol. The molecule has 1 unspecified atom stereocenters. The highest BCUT2D eigenvalue weighted by Crippen LogP contribution is 2.27. The van der Waals surface area contributed by atoms with Crippen molar-refractivity contribution in [2.75, 3.05) is 12.4 Å². The molecule has 0 radical (unpaired) electrons. The number of aromatic nitrogens is 2. The van der Waals surface area contributed by atoms with Gasteiger partial charge < -0.3 is 5.32 Å². The summed E-state index contributed by atoms with van der Waals surface area (Å²) in [5.41, 5.74) is 2.63. The number of nitrogens with zero attached hydrogens (tertiary/aromatic N) is 2. The highest BCUT2D eigenvalue weighted by atomic mass is 15.0. The first-order valence-electron chi connectivity index (χ1n) is 6.33. The molecule has 0 aliphatic heterocycles. The summed E-state index contributed by atoms with van der Waals surface area (Å²) >= 11 is 0. The van der Waals surface area contributed by atoms with Crippen LogP contribution >= 0.6 is 0 Å². The number of hydrogen-bond donors (Lipinski definition) is 1. The normalized spacial score (nSPS) is 16.7. The molecule has 1 heterocycles. The zero-order valence-electron chi connectivity index (χ0n) is 10.5. The number of nitrogens with one attached hydrogen (secondary N) is 1. The van der Waals surface area contributed by atoms with Gasteiger partial charge in [0.05, 0.1) is 0 Å². The van der Waals surface area contributed by atoms with Crippen molar-refractivity contribution >= 4 is 5.82 Å². The standard InChI is InChI=1S/C13H21N3/c1-4-9(2)12-15-11-8-6-5-7-10(11)13(14-3)16-12/h9H,4-8H2,1-3H3,(H,14,15,16). The van der Waals surface area contributed by atoms with E-state index in [9.17, 15) is 0 Å². The molecule has 3 heteroatoms. The van der Waals surface area contributed by atoms with Crippen molar-refractivity contribution in [2.45, 2.75) is 51.9 Å². The van der Waals surface area contributed by atoms with Crippen LogP contribution in [0.3, 0.4) is 0 Å². The van der Waals surface area contributed by atoms with E-state index in [0.717, 1.165) is 30.9 Å². The van der Waals surface area contributed by atoms with E-state index in [4.69, 9.17) is 4.98 Å². The Morgan fingerprint density at radius 1 is 1.25 bits per heavy atom. The fourth-order valence-electron chi connectivity index (χ4n) is 2.22. The zero-order valence-corrected chi connectivity index (χ0v) is 10.5. The Bertz CT molecular complexity index is 356. The third kappa shape index (κ3) is 2.04. The SMILES string of the molecule is CCC(C)c1nc2c(c(NC)n1)CCCC2. The molecule has 1 aromatic rings. The van der Waals surface area contributed by atoms with Crippen LogP contribution in [0.15, 0.2) is 0 Å². The molecule has 1 aromatic heterocycles. The van der Waals surface area contributed by atoms with Crippen LogP contribution in [0.4, 0.5) is 5.82 Å². The third-order valence-electron chi connectivity index (χ3n) is 3.49. The average molecular weight is 219 g/mol. The highest BCUT2D eigenvalue weighted by molar-refractivity contribution is 5.47. The fourth-order valence-corrected chi connectivity index (χ4v) is 2.22. The van der Waals surface area contributed by atoms with E-state index in [0.29, 0.717) is 5.92 Å². The minimum absolute atomic E-state index is 0.458. The molecule has 0 bridgehead atoms. The molecule has 0 fully saturated rings. The number of fused-ring (bicyclic) bond motifs is 1. The monoisotopic (exact) mass is 219 g/mol. The molecule has 88 valence electrons. The Balaban J connectivity index is 2.43. The van der Waals surface area contributed by atoms with Crippen molar-refractivity contribution in [1.82, 2.24) is 9.97 Å². The Labute approximate surface area is 97.7 Å². The molecule has 1 aliphatic carbocycles. The first kappa shape index (κ1) is 11.4. The van der Waals surface area contributed by atoms with Crippen molar-refractivity contribution in [1.29, 1.82) is 0 Å². The minimum atomic E-state index is 0.458. The quantitative estimate of drug-likeness (QED) is 0.849. The lowest BCUT2D eigenvalue weighted by molar-refractivity contribution is 0.627. The van der Waals surface area contributed by atoms with Gasteiger partial charge in [0.25, 0.3) is 0 Å². The molecule has 16 heavy (non-hydrogen) atoms. The minimum Gasteiger partial charge on any atom is -0.373 e. The van der Waals surface area contributed by atoms with E-state index < -0.39 is 0 Å². The molecule has 0 saturated heterocycles. The molecule has 2 rings (SSSR count). The summed E-state index contributed by atoms with van der Waals surface area (Å²) in [4.78, 5) is 9.39. The summed E-state index contributed by atoms with van der Waals surface area (Å²) < 4.78 is 0. The van der Waals surface area contributed by atoms with Crippen LogP contribution in [-0.2, 0) is 12.8 Å². The fraction of sp³-hybridized carbons (Fsp3) is 0.692. The predicted octanol–water partition coefficient (Wildman–Crippen LogP) is 2.91. The highest BCUT2D eigenvalue weighted by Gasteiger charge is 2.18. The van der Waals surface area contributed by atoms with Gasteiger partial charge in [0, 0.05) is 24.2 Å². The first-order valence-corrected chi connectivity index (χ1v) is 6.33. The molecule has 1 N–H and O–H groups in total. The van der Waals surface area contributed by atoms with Crippen molar-refractivity contribution in [3.05, 3.63) is 17.1 Å². The molecular formula is C13H21N3. The number of hydrogen-bond acceptors (Lipinski definition) is 3. The van der Waals surface area contributed by atoms with Gasteiger partial charge in [-0.1, -0.05) is 13.8 Å². The number of anilines is 1. The van der Waals surface area contributed by atoms with Gasteiger partial charge in [0.2, 0.25) is 0 Å². The van der Waals surface area contributed by atoms with Crippen LogP contribution in [0.25, 0.3) is 0 Å². The molecule has 1 atom stereocenters. The van der Waals surface area contributed by atoms with E-state index >= 15 is 0 Å². The predicted molar refractivity (Wildman–Crippen MR) is 66.9 cm³/mol. The van der Waals surface area contributed by atoms with Crippen molar-refractivity contribution in [3.63, 3.8) is 0 Å². The summed E-state index contributed by atoms with van der Waals surface area (Å²) in [7, 11) is 1.96. The van der Waals surface area contributed by atoms with Gasteiger partial charge in [-0.05, 0) is 32.1 Å². The average Bonchev–Trinajstić information content (AvgIpc) is 2.36. The van der Waals surface area contributed by atoms with E-state index in [1.54, 1.807) is 0 Å². The molecule has 0 saturated carbocycles. The Hall–Kier alpha value is -1.12. The van der Waals surface area contributed by atoms with Crippen LogP contribution in [0, 0.1) is 0 Å². The van der Waals surface area contributed by atoms with E-state index in [1.807, 2.05) is 7.05 Å². The molecule has 3 nitrogen and oxygen atoms in total. The van der Waals surface area contributed by atoms with Crippen LogP contribution < -0.4 is 5.32 Å². The van der Waals surface area contributed by atoms with Gasteiger partial charge in [0.1, 0.15) is 11.6 Å². The maximum absolute atomic E-state index is 4.74. The third-order valence-corrected chi connectivity index (χ3v) is 3.49. The van der Waals surface area contributed by atoms with Gasteiger partial charge in [-0.25, -0.2) is 9.97 Å². The van der Waals surface area contributed by atoms with Crippen LogP contribution in [-0.4, -0.2) is 17.0 Å². The van der Waals surface area contributed by atoms with Crippen LogP contribution in [0.2, 0.25) is 0 Å². The van der Waals surface area contributed by atoms with Crippen molar-refractivity contribution in [2.24, 2.45) is 0 Å². The van der Waals surface area contributed by atoms with E-state index in [1.165, 1.54) is 24.1 Å². The molecule has 0 spiro atoms. The van der Waals surface area contributed by atoms with E-state index in [-0.39, 0.29) is 0 Å². The van der Waals surface area contributed by atoms with Crippen LogP contribution in [0.5, 0.6) is 0 Å². The van der Waals surface area contributed by atoms with E-state index in [2.05, 4.69) is 24.1 Å². The number of rotatable bonds is 3. The summed E-state index contributed by atoms with van der Waals surface area (Å²) in [5.74, 6) is 2.52. The van der Waals surface area contributed by atoms with Crippen molar-refractivity contribution in [3.8, 4) is 0 Å². The van der Waals surface area contributed by atoms with Crippen LogP contribution in [0.1, 0.15) is 56.1 Å². The Morgan fingerprint density at radius 3 is 2.69 bits per heavy atom. The molecule has 0 amide bonds. The van der Waals surface area contributed by atoms with Gasteiger partial charge >= 0.3 is 0 Å². The van der Waals surface area contributed by atoms with Gasteiger partial charge in [0.15, 0.2) is 0 Å². The topological polar surface area (TPSA) is 37.8 Å². The largest absolute Gasteiger partial charge is 0.373 e.